The van der Waals surface area contributed by atoms with Crippen LogP contribution >= 0.6 is 0 Å². The Hall–Kier alpha value is -2.08. The number of aliphatic hydroxyl groups is 1. The molecule has 0 radical (unpaired) electrons. The van der Waals surface area contributed by atoms with Crippen LogP contribution in [0.5, 0.6) is 0 Å². The molecule has 2 aromatic carbocycles. The van der Waals surface area contributed by atoms with E-state index in [1.54, 1.807) is 0 Å². The van der Waals surface area contributed by atoms with E-state index in [4.69, 9.17) is 51.8 Å². The van der Waals surface area contributed by atoms with Crippen molar-refractivity contribution in [2.45, 2.75) is 258 Å². The molecule has 0 aliphatic carbocycles. The fraction of sp³-hybridized carbons (Fsp3) is 0.754. The van der Waals surface area contributed by atoms with Crippen molar-refractivity contribution in [1.82, 2.24) is 0 Å². The summed E-state index contributed by atoms with van der Waals surface area (Å²) in [7, 11) is -2.08. The molecule has 70 heavy (non-hydrogen) atoms. The number of fused-ring (bicyclic) bond motifs is 7. The van der Waals surface area contributed by atoms with Crippen LogP contribution in [0.15, 0.2) is 72.8 Å². The number of rotatable bonds is 12. The fourth-order valence-electron chi connectivity index (χ4n) is 13.0. The van der Waals surface area contributed by atoms with Gasteiger partial charge in [0.25, 0.3) is 0 Å². The Morgan fingerprint density at radius 1 is 0.671 bits per heavy atom. The second kappa shape index (κ2) is 19.6. The molecule has 388 valence electrons. The third-order valence-electron chi connectivity index (χ3n) is 18.2. The summed E-state index contributed by atoms with van der Waals surface area (Å²) in [6.07, 6.45) is 8.87. The molecule has 2 aromatic rings. The topological polar surface area (TPSA) is 122 Å². The van der Waals surface area contributed by atoms with Crippen LogP contribution in [0.1, 0.15) is 131 Å². The monoisotopic (exact) mass is 989 g/mol. The quantitative estimate of drug-likeness (QED) is 0.124. The number of ether oxygens (including phenoxy) is 10. The Balaban J connectivity index is 0.800. The third kappa shape index (κ3) is 10.3. The molecule has 0 saturated carbocycles. The van der Waals surface area contributed by atoms with Gasteiger partial charge in [-0.3, -0.25) is 0 Å². The minimum Gasteiger partial charge on any atom is -0.414 e. The summed E-state index contributed by atoms with van der Waals surface area (Å²) in [5.41, 5.74) is -1.40. The Morgan fingerprint density at radius 2 is 1.37 bits per heavy atom. The molecule has 8 aliphatic heterocycles. The van der Waals surface area contributed by atoms with Gasteiger partial charge >= 0.3 is 0 Å². The lowest BCUT2D eigenvalue weighted by atomic mass is 9.72. The van der Waals surface area contributed by atoms with E-state index >= 15 is 0 Å². The van der Waals surface area contributed by atoms with Crippen molar-refractivity contribution in [3.8, 4) is 0 Å². The van der Waals surface area contributed by atoms with Gasteiger partial charge in [0.2, 0.25) is 0 Å². The maximum atomic E-state index is 11.7. The van der Waals surface area contributed by atoms with E-state index in [0.29, 0.717) is 45.7 Å². The second-order valence-electron chi connectivity index (χ2n) is 24.9. The minimum absolute atomic E-state index is 0.0124. The molecular weight excluding hydrogens is 905 g/mol. The molecule has 12 nitrogen and oxygen atoms in total. The summed E-state index contributed by atoms with van der Waals surface area (Å²) in [5.74, 6) is 0. The van der Waals surface area contributed by atoms with Gasteiger partial charge in [0, 0.05) is 45.1 Å². The summed E-state index contributed by atoms with van der Waals surface area (Å²) in [6.45, 7) is 23.9. The van der Waals surface area contributed by atoms with Gasteiger partial charge in [0.15, 0.2) is 8.32 Å². The summed E-state index contributed by atoms with van der Waals surface area (Å²) < 4.78 is 76.6. The first-order valence-electron chi connectivity index (χ1n) is 26.8. The van der Waals surface area contributed by atoms with Gasteiger partial charge in [0.05, 0.1) is 104 Å². The van der Waals surface area contributed by atoms with Gasteiger partial charge in [0.1, 0.15) is 23.4 Å². The largest absolute Gasteiger partial charge is 0.414 e. The van der Waals surface area contributed by atoms with E-state index in [0.717, 1.165) is 50.5 Å². The molecule has 0 spiro atoms. The number of benzene rings is 2. The van der Waals surface area contributed by atoms with Crippen LogP contribution in [0.2, 0.25) is 18.1 Å². The standard InChI is InChI=1S/C57H84O12Si/c1-52(2,3)70(9,10)61-35-51-53(4,58)26-25-41-43(65-51)30-47-56(7,67-41)36-55(6)46(66-47)24-23-40-44(68-55)29-42-45(63-40)32-54(5)48(64-42)31-50-57(8,69-54)49(60-34-38-20-15-12-16-21-38)28-39(62-50)22-17-27-59-33-37-18-13-11-14-19-37/h11-16,18-21,25-26,39-51,58H,17,22-24,27-36H2,1-10H3/t39-,40+,41+,42+,43-,44-,45-,46-,47+,48-,49-,50+,51+,53-,54+,55+,56-,57-/m0/s1. The average Bonchev–Trinajstić information content (AvgIpc) is 3.50. The summed E-state index contributed by atoms with van der Waals surface area (Å²) >= 11 is 0. The van der Waals surface area contributed by atoms with Crippen molar-refractivity contribution in [2.75, 3.05) is 13.2 Å². The van der Waals surface area contributed by atoms with Crippen molar-refractivity contribution in [2.24, 2.45) is 0 Å². The second-order valence-corrected chi connectivity index (χ2v) is 29.7. The molecule has 18 atom stereocenters. The summed E-state index contributed by atoms with van der Waals surface area (Å²) in [4.78, 5) is 0. The SMILES string of the molecule is CC(C)(C)[Si](C)(C)OC[C@H]1O[C@H]2C[C@H]3O[C@H]4CC[C@H]5O[C@H]6C[C@@]7(C)O[C@@]8(C)[C@@H](OCc9ccccc9)C[C@H](CCCOCc9ccccc9)O[C@@H]8C[C@@H]7O[C@@H]6C[C@@H]5O[C@]4(C)C[C@]3(C)O[C@@H]2C=C[C@]1(C)O. The molecule has 10 rings (SSSR count). The highest BCUT2D eigenvalue weighted by atomic mass is 28.4. The molecule has 8 aliphatic rings. The lowest BCUT2D eigenvalue weighted by molar-refractivity contribution is -0.373. The molecule has 7 saturated heterocycles. The molecule has 0 unspecified atom stereocenters. The molecule has 0 amide bonds. The minimum atomic E-state index is -2.08. The van der Waals surface area contributed by atoms with Gasteiger partial charge in [-0.25, -0.2) is 0 Å². The van der Waals surface area contributed by atoms with Crippen molar-refractivity contribution in [3.63, 3.8) is 0 Å². The van der Waals surface area contributed by atoms with Crippen molar-refractivity contribution in [3.05, 3.63) is 83.9 Å². The molecule has 8 heterocycles. The third-order valence-corrected chi connectivity index (χ3v) is 22.7. The first-order chi connectivity index (χ1) is 33.1. The normalized spacial score (nSPS) is 44.8. The van der Waals surface area contributed by atoms with Gasteiger partial charge in [-0.05, 0) is 89.6 Å². The smallest absolute Gasteiger partial charge is 0.192 e. The van der Waals surface area contributed by atoms with Crippen LogP contribution in [0.4, 0.5) is 0 Å². The van der Waals surface area contributed by atoms with Crippen LogP contribution in [0, 0.1) is 0 Å². The van der Waals surface area contributed by atoms with Crippen LogP contribution in [0.3, 0.4) is 0 Å². The van der Waals surface area contributed by atoms with Gasteiger partial charge in [-0.2, -0.15) is 0 Å². The predicted octanol–water partition coefficient (Wildman–Crippen LogP) is 9.72. The zero-order chi connectivity index (χ0) is 49.3. The summed E-state index contributed by atoms with van der Waals surface area (Å²) in [5, 5.41) is 11.7. The first kappa shape index (κ1) is 51.4. The van der Waals surface area contributed by atoms with Crippen LogP contribution in [-0.4, -0.2) is 134 Å². The number of hydrogen-bond acceptors (Lipinski definition) is 12. The van der Waals surface area contributed by atoms with Gasteiger partial charge in [-0.15, -0.1) is 0 Å². The highest BCUT2D eigenvalue weighted by molar-refractivity contribution is 6.74. The highest BCUT2D eigenvalue weighted by Crippen LogP contribution is 2.54. The summed E-state index contributed by atoms with van der Waals surface area (Å²) in [6, 6.07) is 20.8. The maximum absolute atomic E-state index is 11.7. The zero-order valence-corrected chi connectivity index (χ0v) is 44.8. The van der Waals surface area contributed by atoms with E-state index in [1.165, 1.54) is 5.56 Å². The Kier molecular flexibility index (Phi) is 14.4. The molecule has 0 aromatic heterocycles. The van der Waals surface area contributed by atoms with Crippen LogP contribution < -0.4 is 0 Å². The van der Waals surface area contributed by atoms with E-state index in [9.17, 15) is 5.11 Å². The Morgan fingerprint density at radius 3 is 2.10 bits per heavy atom. The van der Waals surface area contributed by atoms with Crippen LogP contribution in [0.25, 0.3) is 0 Å². The van der Waals surface area contributed by atoms with Gasteiger partial charge < -0.3 is 56.9 Å². The average molecular weight is 989 g/mol. The Bertz CT molecular complexity index is 2120. The molecule has 0 bridgehead atoms. The Labute approximate surface area is 419 Å². The zero-order valence-electron chi connectivity index (χ0n) is 43.8. The molecule has 1 N–H and O–H groups in total. The molecule has 13 heteroatoms. The van der Waals surface area contributed by atoms with Crippen LogP contribution in [-0.2, 0) is 65.0 Å². The predicted molar refractivity (Wildman–Crippen MR) is 268 cm³/mol. The van der Waals surface area contributed by atoms with E-state index in [2.05, 4.69) is 110 Å². The van der Waals surface area contributed by atoms with E-state index < -0.39 is 42.4 Å². The van der Waals surface area contributed by atoms with Crippen molar-refractivity contribution < 1.29 is 56.9 Å². The lowest BCUT2D eigenvalue weighted by Crippen LogP contribution is -2.72. The molecular formula is C57H84O12Si. The first-order valence-corrected chi connectivity index (χ1v) is 29.7. The van der Waals surface area contributed by atoms with Crippen molar-refractivity contribution >= 4 is 8.32 Å². The number of hydrogen-bond donors (Lipinski definition) is 1. The van der Waals surface area contributed by atoms with E-state index in [-0.39, 0.29) is 78.3 Å². The fourth-order valence-corrected chi connectivity index (χ4v) is 14.0. The maximum Gasteiger partial charge on any atom is 0.192 e. The molecule has 7 fully saturated rings. The van der Waals surface area contributed by atoms with E-state index in [1.807, 2.05) is 31.2 Å². The lowest BCUT2D eigenvalue weighted by Gasteiger charge is -2.62. The highest BCUT2D eigenvalue weighted by Gasteiger charge is 2.65. The van der Waals surface area contributed by atoms with Crippen molar-refractivity contribution in [1.29, 1.82) is 0 Å². The van der Waals surface area contributed by atoms with Gasteiger partial charge in [-0.1, -0.05) is 93.6 Å².